The maximum atomic E-state index is 11.4. The molecule has 1 rings (SSSR count). The van der Waals surface area contributed by atoms with Crippen LogP contribution in [0.5, 0.6) is 0 Å². The number of benzene rings is 1. The zero-order chi connectivity index (χ0) is 13.1. The third-order valence-corrected chi connectivity index (χ3v) is 3.08. The summed E-state index contributed by atoms with van der Waals surface area (Å²) >= 11 is 5.85. The van der Waals surface area contributed by atoms with Gasteiger partial charge in [0, 0.05) is 11.6 Å². The minimum absolute atomic E-state index is 0.304. The average molecular weight is 256 g/mol. The highest BCUT2D eigenvalue weighted by Crippen LogP contribution is 2.29. The summed E-state index contributed by atoms with van der Waals surface area (Å²) < 4.78 is 0. The van der Waals surface area contributed by atoms with Crippen molar-refractivity contribution in [2.45, 2.75) is 19.4 Å². The standard InChI is InChI=1S/C12H14ClNO3/c1-3-14(8-15)12(2,11(16)17)9-5-4-6-10(13)7-9/h4-8H,3H2,1-2H3,(H,16,17). The average Bonchev–Trinajstić information content (AvgIpc) is 2.30. The Hall–Kier alpha value is -1.55. The first-order valence-corrected chi connectivity index (χ1v) is 5.56. The van der Waals surface area contributed by atoms with E-state index in [2.05, 4.69) is 0 Å². The molecular formula is C12H14ClNO3. The Labute approximate surface area is 105 Å². The molecule has 0 aliphatic rings. The number of nitrogens with zero attached hydrogens (tertiary/aromatic N) is 1. The Balaban J connectivity index is 3.34. The Kier molecular flexibility index (Phi) is 4.12. The van der Waals surface area contributed by atoms with Crippen molar-refractivity contribution in [2.24, 2.45) is 0 Å². The topological polar surface area (TPSA) is 57.6 Å². The Bertz CT molecular complexity index is 436. The summed E-state index contributed by atoms with van der Waals surface area (Å²) in [6.45, 7) is 3.51. The van der Waals surface area contributed by atoms with Crippen LogP contribution in [0.1, 0.15) is 19.4 Å². The van der Waals surface area contributed by atoms with Gasteiger partial charge in [-0.3, -0.25) is 4.79 Å². The molecule has 17 heavy (non-hydrogen) atoms. The molecule has 1 aromatic rings. The number of carboxylic acids is 1. The smallest absolute Gasteiger partial charge is 0.334 e. The zero-order valence-corrected chi connectivity index (χ0v) is 10.4. The third kappa shape index (κ3) is 2.42. The molecule has 0 fully saturated rings. The van der Waals surface area contributed by atoms with Crippen LogP contribution in [0.2, 0.25) is 5.02 Å². The highest BCUT2D eigenvalue weighted by Gasteiger charge is 2.40. The van der Waals surface area contributed by atoms with Crippen LogP contribution in [0.25, 0.3) is 0 Å². The van der Waals surface area contributed by atoms with Crippen molar-refractivity contribution in [3.05, 3.63) is 34.9 Å². The molecule has 1 unspecified atom stereocenters. The van der Waals surface area contributed by atoms with E-state index in [9.17, 15) is 14.7 Å². The summed E-state index contributed by atoms with van der Waals surface area (Å²) in [6, 6.07) is 6.52. The van der Waals surface area contributed by atoms with Gasteiger partial charge < -0.3 is 10.0 Å². The number of halogens is 1. The fourth-order valence-electron chi connectivity index (χ4n) is 1.70. The summed E-state index contributed by atoms with van der Waals surface area (Å²) in [5.74, 6) is -1.09. The van der Waals surface area contributed by atoms with Crippen LogP contribution >= 0.6 is 11.6 Å². The zero-order valence-electron chi connectivity index (χ0n) is 9.68. The van der Waals surface area contributed by atoms with Crippen LogP contribution in [0.4, 0.5) is 0 Å². The van der Waals surface area contributed by atoms with Crippen LogP contribution in [0.15, 0.2) is 24.3 Å². The Morgan fingerprint density at radius 1 is 1.59 bits per heavy atom. The van der Waals surface area contributed by atoms with Crippen molar-refractivity contribution in [1.29, 1.82) is 0 Å². The van der Waals surface area contributed by atoms with E-state index in [0.717, 1.165) is 0 Å². The summed E-state index contributed by atoms with van der Waals surface area (Å²) in [5, 5.41) is 9.81. The molecule has 5 heteroatoms. The van der Waals surface area contributed by atoms with E-state index in [-0.39, 0.29) is 0 Å². The SMILES string of the molecule is CCN(C=O)C(C)(C(=O)O)c1cccc(Cl)c1. The lowest BCUT2D eigenvalue weighted by molar-refractivity contribution is -0.154. The molecule has 92 valence electrons. The quantitative estimate of drug-likeness (QED) is 0.820. The van der Waals surface area contributed by atoms with E-state index >= 15 is 0 Å². The third-order valence-electron chi connectivity index (χ3n) is 2.85. The fourth-order valence-corrected chi connectivity index (χ4v) is 1.89. The fraction of sp³-hybridized carbons (Fsp3) is 0.333. The van der Waals surface area contributed by atoms with Gasteiger partial charge in [-0.25, -0.2) is 4.79 Å². The number of likely N-dealkylation sites (N-methyl/N-ethyl adjacent to an activating group) is 1. The predicted molar refractivity (Wildman–Crippen MR) is 64.9 cm³/mol. The van der Waals surface area contributed by atoms with Gasteiger partial charge >= 0.3 is 5.97 Å². The molecular weight excluding hydrogens is 242 g/mol. The molecule has 0 bridgehead atoms. The van der Waals surface area contributed by atoms with E-state index in [1.807, 2.05) is 0 Å². The normalized spacial score (nSPS) is 13.8. The lowest BCUT2D eigenvalue weighted by atomic mass is 9.90. The van der Waals surface area contributed by atoms with Gasteiger partial charge in [0.05, 0.1) is 0 Å². The van der Waals surface area contributed by atoms with Crippen molar-refractivity contribution in [3.8, 4) is 0 Å². The first-order valence-electron chi connectivity index (χ1n) is 5.18. The van der Waals surface area contributed by atoms with E-state index in [1.165, 1.54) is 11.8 Å². The molecule has 0 aliphatic carbocycles. The lowest BCUT2D eigenvalue weighted by Crippen LogP contribution is -2.49. The summed E-state index contributed by atoms with van der Waals surface area (Å²) in [6.07, 6.45) is 0.537. The van der Waals surface area contributed by atoms with Crippen molar-refractivity contribution >= 4 is 24.0 Å². The molecule has 0 saturated heterocycles. The molecule has 0 aliphatic heterocycles. The molecule has 0 aromatic heterocycles. The van der Waals surface area contributed by atoms with Crippen LogP contribution in [-0.4, -0.2) is 28.9 Å². The number of amides is 1. The number of aliphatic carboxylic acids is 1. The van der Waals surface area contributed by atoms with E-state index < -0.39 is 11.5 Å². The number of hydrogen-bond donors (Lipinski definition) is 1. The number of hydrogen-bond acceptors (Lipinski definition) is 2. The summed E-state index contributed by atoms with van der Waals surface area (Å²) in [7, 11) is 0. The second kappa shape index (κ2) is 5.19. The van der Waals surface area contributed by atoms with Crippen LogP contribution in [0.3, 0.4) is 0 Å². The summed E-state index contributed by atoms with van der Waals surface area (Å²) in [5.41, 5.74) is -0.923. The summed E-state index contributed by atoms with van der Waals surface area (Å²) in [4.78, 5) is 23.6. The van der Waals surface area contributed by atoms with E-state index in [0.29, 0.717) is 23.5 Å². The minimum atomic E-state index is -1.40. The molecule has 0 spiro atoms. The van der Waals surface area contributed by atoms with Crippen molar-refractivity contribution in [1.82, 2.24) is 4.90 Å². The predicted octanol–water partition coefficient (Wildman–Crippen LogP) is 2.12. The second-order valence-electron chi connectivity index (χ2n) is 3.78. The molecule has 0 saturated carbocycles. The molecule has 0 heterocycles. The van der Waals surface area contributed by atoms with Gasteiger partial charge in [0.1, 0.15) is 0 Å². The Morgan fingerprint density at radius 2 is 2.24 bits per heavy atom. The highest BCUT2D eigenvalue weighted by atomic mass is 35.5. The number of rotatable bonds is 5. The number of carboxylic acid groups (broad SMARTS) is 1. The van der Waals surface area contributed by atoms with Gasteiger partial charge in [-0.1, -0.05) is 23.7 Å². The molecule has 1 atom stereocenters. The number of carbonyl (C=O) groups is 2. The van der Waals surface area contributed by atoms with Crippen molar-refractivity contribution < 1.29 is 14.7 Å². The van der Waals surface area contributed by atoms with Gasteiger partial charge in [0.25, 0.3) is 0 Å². The van der Waals surface area contributed by atoms with Gasteiger partial charge in [-0.2, -0.15) is 0 Å². The van der Waals surface area contributed by atoms with Gasteiger partial charge in [-0.15, -0.1) is 0 Å². The van der Waals surface area contributed by atoms with Gasteiger partial charge in [0.2, 0.25) is 6.41 Å². The number of carbonyl (C=O) groups excluding carboxylic acids is 1. The van der Waals surface area contributed by atoms with Crippen LogP contribution < -0.4 is 0 Å². The monoisotopic (exact) mass is 255 g/mol. The molecule has 1 N–H and O–H groups in total. The van der Waals surface area contributed by atoms with Gasteiger partial charge in [0.15, 0.2) is 5.54 Å². The molecule has 1 amide bonds. The minimum Gasteiger partial charge on any atom is -0.479 e. The molecule has 1 aromatic carbocycles. The van der Waals surface area contributed by atoms with Gasteiger partial charge in [-0.05, 0) is 31.5 Å². The maximum Gasteiger partial charge on any atom is 0.334 e. The second-order valence-corrected chi connectivity index (χ2v) is 4.22. The van der Waals surface area contributed by atoms with E-state index in [4.69, 9.17) is 11.6 Å². The first kappa shape index (κ1) is 13.5. The van der Waals surface area contributed by atoms with Crippen molar-refractivity contribution in [3.63, 3.8) is 0 Å². The lowest BCUT2D eigenvalue weighted by Gasteiger charge is -2.34. The van der Waals surface area contributed by atoms with Crippen LogP contribution in [0, 0.1) is 0 Å². The Morgan fingerprint density at radius 3 is 2.65 bits per heavy atom. The molecule has 0 radical (unpaired) electrons. The van der Waals surface area contributed by atoms with Crippen LogP contribution in [-0.2, 0) is 15.1 Å². The maximum absolute atomic E-state index is 11.4. The first-order chi connectivity index (χ1) is 7.96. The van der Waals surface area contributed by atoms with E-state index in [1.54, 1.807) is 31.2 Å². The van der Waals surface area contributed by atoms with Crippen molar-refractivity contribution in [2.75, 3.05) is 6.54 Å². The highest BCUT2D eigenvalue weighted by molar-refractivity contribution is 6.30. The molecule has 4 nitrogen and oxygen atoms in total. The largest absolute Gasteiger partial charge is 0.479 e.